The molecule has 0 bridgehead atoms. The number of carbonyl (C=O) groups is 1. The summed E-state index contributed by atoms with van der Waals surface area (Å²) in [5, 5.41) is 22.6. The zero-order valence-corrected chi connectivity index (χ0v) is 19.9. The van der Waals surface area contributed by atoms with Crippen molar-refractivity contribution in [1.82, 2.24) is 20.2 Å². The van der Waals surface area contributed by atoms with Crippen molar-refractivity contribution in [3.63, 3.8) is 0 Å². The van der Waals surface area contributed by atoms with Crippen LogP contribution >= 0.6 is 0 Å². The number of aromatic nitrogens is 4. The van der Waals surface area contributed by atoms with Crippen LogP contribution in [-0.4, -0.2) is 43.9 Å². The van der Waals surface area contributed by atoms with Gasteiger partial charge in [0, 0.05) is 11.1 Å². The first-order chi connectivity index (χ1) is 15.4. The van der Waals surface area contributed by atoms with Crippen molar-refractivity contribution >= 4 is 5.91 Å². The number of aliphatic hydroxyl groups excluding tert-OH is 1. The predicted molar refractivity (Wildman–Crippen MR) is 127 cm³/mol. The van der Waals surface area contributed by atoms with Gasteiger partial charge in [0.25, 0.3) is 0 Å². The molecule has 3 N–H and O–H groups in total. The Labute approximate surface area is 194 Å². The maximum absolute atomic E-state index is 11.2. The van der Waals surface area contributed by atoms with Crippen LogP contribution in [0.3, 0.4) is 0 Å². The third-order valence-corrected chi connectivity index (χ3v) is 5.30. The number of primary amides is 1. The number of hydrogen-bond donors (Lipinski definition) is 2. The Kier molecular flexibility index (Phi) is 7.17. The summed E-state index contributed by atoms with van der Waals surface area (Å²) < 4.78 is 5.75. The normalized spacial score (nSPS) is 13.0. The molecule has 0 aliphatic carbocycles. The molecular weight excluding hydrogens is 418 g/mol. The summed E-state index contributed by atoms with van der Waals surface area (Å²) in [7, 11) is 0. The van der Waals surface area contributed by atoms with E-state index in [2.05, 4.69) is 62.2 Å². The second kappa shape index (κ2) is 9.70. The number of nitrogens with zero attached hydrogens (tertiary/aromatic N) is 4. The van der Waals surface area contributed by atoms with E-state index in [0.29, 0.717) is 22.7 Å². The second-order valence-corrected chi connectivity index (χ2v) is 10.2. The molecule has 0 spiro atoms. The highest BCUT2D eigenvalue weighted by Crippen LogP contribution is 2.36. The van der Waals surface area contributed by atoms with Gasteiger partial charge in [-0.15, -0.1) is 10.2 Å². The Bertz CT molecular complexity index is 1070. The van der Waals surface area contributed by atoms with E-state index < -0.39 is 12.0 Å². The Morgan fingerprint density at radius 3 is 2.27 bits per heavy atom. The number of aliphatic hydroxyl groups is 1. The summed E-state index contributed by atoms with van der Waals surface area (Å²) in [6.45, 7) is 11.5. The van der Waals surface area contributed by atoms with Gasteiger partial charge in [-0.2, -0.15) is 4.80 Å². The molecule has 8 nitrogen and oxygen atoms in total. The van der Waals surface area contributed by atoms with Gasteiger partial charge in [0.2, 0.25) is 11.7 Å². The Morgan fingerprint density at radius 2 is 1.70 bits per heavy atom. The molecular formula is C25H33N5O3. The van der Waals surface area contributed by atoms with Crippen molar-refractivity contribution in [2.45, 2.75) is 59.1 Å². The fourth-order valence-electron chi connectivity index (χ4n) is 4.08. The van der Waals surface area contributed by atoms with Crippen molar-refractivity contribution in [2.75, 3.05) is 6.61 Å². The quantitative estimate of drug-likeness (QED) is 0.514. The molecule has 176 valence electrons. The first-order valence-corrected chi connectivity index (χ1v) is 11.0. The number of benzene rings is 2. The monoisotopic (exact) mass is 451 g/mol. The molecule has 0 saturated carbocycles. The maximum atomic E-state index is 11.2. The van der Waals surface area contributed by atoms with Crippen molar-refractivity contribution in [3.05, 3.63) is 59.7 Å². The van der Waals surface area contributed by atoms with Crippen LogP contribution in [0.15, 0.2) is 48.5 Å². The number of tetrazole rings is 1. The summed E-state index contributed by atoms with van der Waals surface area (Å²) in [5.41, 5.74) is 7.92. The highest BCUT2D eigenvalue weighted by Gasteiger charge is 2.27. The van der Waals surface area contributed by atoms with E-state index in [1.807, 2.05) is 12.1 Å². The van der Waals surface area contributed by atoms with Gasteiger partial charge in [0.15, 0.2) is 0 Å². The molecule has 0 aliphatic heterocycles. The van der Waals surface area contributed by atoms with Gasteiger partial charge < -0.3 is 15.6 Å². The third-order valence-electron chi connectivity index (χ3n) is 5.30. The molecule has 1 heterocycles. The minimum absolute atomic E-state index is 0.0624. The topological polar surface area (TPSA) is 116 Å². The highest BCUT2D eigenvalue weighted by molar-refractivity contribution is 5.93. The van der Waals surface area contributed by atoms with Gasteiger partial charge in [-0.05, 0) is 52.3 Å². The zero-order valence-electron chi connectivity index (χ0n) is 19.9. The van der Waals surface area contributed by atoms with Crippen LogP contribution in [0.1, 0.15) is 57.0 Å². The fourth-order valence-corrected chi connectivity index (χ4v) is 4.08. The van der Waals surface area contributed by atoms with E-state index in [0.717, 1.165) is 6.42 Å². The Balaban J connectivity index is 1.53. The fraction of sp³-hybridized carbons (Fsp3) is 0.440. The van der Waals surface area contributed by atoms with E-state index in [1.54, 1.807) is 24.3 Å². The van der Waals surface area contributed by atoms with Crippen LogP contribution in [0.4, 0.5) is 0 Å². The lowest BCUT2D eigenvalue weighted by molar-refractivity contribution is 0.0849. The molecule has 0 saturated heterocycles. The average Bonchev–Trinajstić information content (AvgIpc) is 3.19. The molecule has 2 aromatic carbocycles. The average molecular weight is 452 g/mol. The van der Waals surface area contributed by atoms with E-state index >= 15 is 0 Å². The smallest absolute Gasteiger partial charge is 0.248 e. The van der Waals surface area contributed by atoms with Crippen LogP contribution in [0.25, 0.3) is 11.4 Å². The zero-order chi connectivity index (χ0) is 24.2. The van der Waals surface area contributed by atoms with E-state index in [1.165, 1.54) is 10.4 Å². The first-order valence-electron chi connectivity index (χ1n) is 11.0. The summed E-state index contributed by atoms with van der Waals surface area (Å²) >= 11 is 0. The van der Waals surface area contributed by atoms with Crippen LogP contribution in [0.5, 0.6) is 5.75 Å². The molecule has 0 radical (unpaired) electrons. The molecule has 0 aliphatic rings. The Hall–Kier alpha value is -3.26. The number of rotatable bonds is 9. The van der Waals surface area contributed by atoms with Gasteiger partial charge in [0.1, 0.15) is 18.5 Å². The van der Waals surface area contributed by atoms with Gasteiger partial charge in [-0.3, -0.25) is 4.79 Å². The van der Waals surface area contributed by atoms with Crippen molar-refractivity contribution in [2.24, 2.45) is 11.1 Å². The molecule has 1 aromatic heterocycles. The van der Waals surface area contributed by atoms with Crippen molar-refractivity contribution in [3.8, 4) is 17.1 Å². The van der Waals surface area contributed by atoms with Gasteiger partial charge >= 0.3 is 0 Å². The predicted octanol–water partition coefficient (Wildman–Crippen LogP) is 3.59. The SMILES string of the molecule is CC(C)(C)CC(C)(C)c1ccc(OCC(O)Cn2nnc(-c3ccc(C(N)=O)cc3)n2)cc1. The summed E-state index contributed by atoms with van der Waals surface area (Å²) in [5.74, 6) is 0.600. The standard InChI is InChI=1S/C25H33N5O3/c1-24(2,3)16-25(4,5)19-10-12-21(13-11-19)33-15-20(31)14-30-28-23(27-29-30)18-8-6-17(7-9-18)22(26)32/h6-13,20,31H,14-16H2,1-5H3,(H2,26,32). The molecule has 3 rings (SSSR count). The lowest BCUT2D eigenvalue weighted by Gasteiger charge is -2.33. The van der Waals surface area contributed by atoms with E-state index in [-0.39, 0.29) is 24.0 Å². The largest absolute Gasteiger partial charge is 0.491 e. The number of amides is 1. The molecule has 0 fully saturated rings. The molecule has 3 aromatic rings. The lowest BCUT2D eigenvalue weighted by Crippen LogP contribution is -2.25. The summed E-state index contributed by atoms with van der Waals surface area (Å²) in [6.07, 6.45) is 0.266. The first kappa shape index (κ1) is 24.4. The van der Waals surface area contributed by atoms with Crippen LogP contribution in [0, 0.1) is 5.41 Å². The van der Waals surface area contributed by atoms with E-state index in [9.17, 15) is 9.90 Å². The number of nitrogens with two attached hydrogens (primary N) is 1. The van der Waals surface area contributed by atoms with Gasteiger partial charge in [0.05, 0.1) is 6.54 Å². The second-order valence-electron chi connectivity index (χ2n) is 10.2. The number of ether oxygens (including phenoxy) is 1. The summed E-state index contributed by atoms with van der Waals surface area (Å²) in [4.78, 5) is 12.5. The van der Waals surface area contributed by atoms with E-state index in [4.69, 9.17) is 10.5 Å². The van der Waals surface area contributed by atoms with Gasteiger partial charge in [-0.25, -0.2) is 0 Å². The highest BCUT2D eigenvalue weighted by atomic mass is 16.5. The van der Waals surface area contributed by atoms with Crippen LogP contribution < -0.4 is 10.5 Å². The molecule has 8 heteroatoms. The maximum Gasteiger partial charge on any atom is 0.248 e. The molecule has 1 unspecified atom stereocenters. The minimum atomic E-state index is -0.804. The third kappa shape index (κ3) is 6.86. The van der Waals surface area contributed by atoms with Crippen LogP contribution in [-0.2, 0) is 12.0 Å². The minimum Gasteiger partial charge on any atom is -0.491 e. The van der Waals surface area contributed by atoms with Gasteiger partial charge in [-0.1, -0.05) is 58.9 Å². The van der Waals surface area contributed by atoms with Crippen LogP contribution in [0.2, 0.25) is 0 Å². The summed E-state index contributed by atoms with van der Waals surface area (Å²) in [6, 6.07) is 14.7. The van der Waals surface area contributed by atoms with Crippen molar-refractivity contribution in [1.29, 1.82) is 0 Å². The molecule has 1 atom stereocenters. The van der Waals surface area contributed by atoms with Crippen molar-refractivity contribution < 1.29 is 14.6 Å². The number of carbonyl (C=O) groups excluding carboxylic acids is 1. The number of hydrogen-bond acceptors (Lipinski definition) is 6. The lowest BCUT2D eigenvalue weighted by atomic mass is 9.72. The Morgan fingerprint density at radius 1 is 1.06 bits per heavy atom. The molecule has 1 amide bonds. The molecule has 33 heavy (non-hydrogen) atoms.